The molecule has 39 heavy (non-hydrogen) atoms. The lowest BCUT2D eigenvalue weighted by atomic mass is 9.43. The van der Waals surface area contributed by atoms with Gasteiger partial charge in [-0.1, -0.05) is 27.2 Å². The van der Waals surface area contributed by atoms with Crippen LogP contribution in [0.25, 0.3) is 0 Å². The zero-order valence-electron chi connectivity index (χ0n) is 24.5. The average Bonchev–Trinajstić information content (AvgIpc) is 3.59. The molecule has 0 aromatic rings. The van der Waals surface area contributed by atoms with E-state index in [0.717, 1.165) is 56.8 Å². The van der Waals surface area contributed by atoms with Gasteiger partial charge in [0.1, 0.15) is 0 Å². The Hall–Kier alpha value is -1.14. The minimum Gasteiger partial charge on any atom is -0.481 e. The average molecular weight is 544 g/mol. The summed E-state index contributed by atoms with van der Waals surface area (Å²) in [7, 11) is 0. The number of aliphatic hydroxyl groups excluding tert-OH is 2. The zero-order chi connectivity index (χ0) is 27.7. The van der Waals surface area contributed by atoms with Gasteiger partial charge in [0, 0.05) is 18.9 Å². The predicted octanol–water partition coefficient (Wildman–Crippen LogP) is 5.40. The fraction of sp³-hybridized carbons (Fsp3) is 0.939. The van der Waals surface area contributed by atoms with Crippen molar-refractivity contribution < 1.29 is 24.9 Å². The highest BCUT2D eigenvalue weighted by Crippen LogP contribution is 2.68. The van der Waals surface area contributed by atoms with Crippen molar-refractivity contribution in [3.63, 3.8) is 0 Å². The van der Waals surface area contributed by atoms with Crippen molar-refractivity contribution in [2.45, 2.75) is 129 Å². The van der Waals surface area contributed by atoms with E-state index >= 15 is 0 Å². The van der Waals surface area contributed by atoms with Gasteiger partial charge in [-0.05, 0) is 135 Å². The van der Waals surface area contributed by atoms with Crippen LogP contribution < -0.4 is 5.32 Å². The number of rotatable bonds is 7. The van der Waals surface area contributed by atoms with Crippen LogP contribution in [0.3, 0.4) is 0 Å². The Morgan fingerprint density at radius 1 is 0.949 bits per heavy atom. The van der Waals surface area contributed by atoms with Crippen LogP contribution >= 0.6 is 0 Å². The second kappa shape index (κ2) is 10.3. The number of nitrogens with one attached hydrogen (secondary N) is 1. The molecule has 0 aromatic carbocycles. The smallest absolute Gasteiger partial charge is 0.303 e. The van der Waals surface area contributed by atoms with Crippen LogP contribution in [0.4, 0.5) is 0 Å². The first-order valence-electron chi connectivity index (χ1n) is 16.4. The van der Waals surface area contributed by atoms with E-state index in [2.05, 4.69) is 26.1 Å². The lowest BCUT2D eigenvalue weighted by Gasteiger charge is -2.63. The first-order chi connectivity index (χ1) is 18.5. The SMILES string of the molecule is C[C@H](CCC(=O)O)[C@H]1CC[C@H]2[C@@H]3[C@H](O)CC4C[C@@H](NC(=O)CC5CC6CCC5C6)CC[C@]4(C)[C@H]3C[C@H](O)[C@]12C. The number of hydrogen-bond acceptors (Lipinski definition) is 4. The van der Waals surface area contributed by atoms with E-state index in [1.165, 1.54) is 25.7 Å². The van der Waals surface area contributed by atoms with Crippen molar-refractivity contribution in [3.8, 4) is 0 Å². The third-order valence-corrected chi connectivity index (χ3v) is 14.1. The number of amides is 1. The standard InChI is InChI=1S/C33H53NO5/c1-18(4-9-30(38)39)24-7-8-25-31-26(17-28(36)33(24,25)3)32(2)11-10-23(15-22(32)16-27(31)35)34-29(37)14-21-13-19-5-6-20(21)12-19/h18-28,31,35-36H,4-17H2,1-3H3,(H,34,37)(H,38,39)/t18-,19?,20?,21?,22?,23+,24-,25+,26+,27-,28+,31+,32+,33-/m1/s1. The molecule has 14 atom stereocenters. The molecule has 0 spiro atoms. The van der Waals surface area contributed by atoms with Gasteiger partial charge >= 0.3 is 5.97 Å². The van der Waals surface area contributed by atoms with Gasteiger partial charge in [0.2, 0.25) is 5.91 Å². The molecule has 0 radical (unpaired) electrons. The minimum atomic E-state index is -0.746. The van der Waals surface area contributed by atoms with E-state index in [4.69, 9.17) is 0 Å². The van der Waals surface area contributed by atoms with Gasteiger partial charge in [-0.15, -0.1) is 0 Å². The third kappa shape index (κ3) is 4.68. The molecule has 2 bridgehead atoms. The van der Waals surface area contributed by atoms with E-state index in [1.54, 1.807) is 0 Å². The lowest BCUT2D eigenvalue weighted by Crippen LogP contribution is -2.63. The molecule has 0 aliphatic heterocycles. The summed E-state index contributed by atoms with van der Waals surface area (Å²) >= 11 is 0. The summed E-state index contributed by atoms with van der Waals surface area (Å²) in [4.78, 5) is 24.2. The van der Waals surface area contributed by atoms with E-state index in [1.807, 2.05) is 0 Å². The Kier molecular flexibility index (Phi) is 7.39. The number of carboxylic acids is 1. The molecule has 0 saturated heterocycles. The molecule has 220 valence electrons. The van der Waals surface area contributed by atoms with Crippen LogP contribution in [0.15, 0.2) is 0 Å². The molecule has 0 aromatic heterocycles. The number of carbonyl (C=O) groups is 2. The van der Waals surface area contributed by atoms with Gasteiger partial charge in [-0.2, -0.15) is 0 Å². The van der Waals surface area contributed by atoms with Crippen LogP contribution in [0.5, 0.6) is 0 Å². The van der Waals surface area contributed by atoms with Crippen LogP contribution in [-0.4, -0.2) is 45.4 Å². The Morgan fingerprint density at radius 3 is 2.44 bits per heavy atom. The summed E-state index contributed by atoms with van der Waals surface area (Å²) < 4.78 is 0. The van der Waals surface area contributed by atoms with Gasteiger partial charge in [0.25, 0.3) is 0 Å². The first-order valence-corrected chi connectivity index (χ1v) is 16.4. The third-order valence-electron chi connectivity index (χ3n) is 14.1. The zero-order valence-corrected chi connectivity index (χ0v) is 24.5. The van der Waals surface area contributed by atoms with E-state index in [9.17, 15) is 24.9 Å². The van der Waals surface area contributed by atoms with Gasteiger partial charge in [0.15, 0.2) is 0 Å². The van der Waals surface area contributed by atoms with Crippen LogP contribution in [0.2, 0.25) is 0 Å². The summed E-state index contributed by atoms with van der Waals surface area (Å²) in [6.45, 7) is 6.84. The Morgan fingerprint density at radius 2 is 1.74 bits per heavy atom. The molecule has 6 fully saturated rings. The van der Waals surface area contributed by atoms with Crippen LogP contribution in [0, 0.1) is 64.1 Å². The van der Waals surface area contributed by atoms with Crippen molar-refractivity contribution in [2.75, 3.05) is 0 Å². The number of hydrogen-bond donors (Lipinski definition) is 4. The largest absolute Gasteiger partial charge is 0.481 e. The molecule has 6 aliphatic rings. The van der Waals surface area contributed by atoms with Gasteiger partial charge in [0.05, 0.1) is 12.2 Å². The maximum atomic E-state index is 13.0. The normalized spacial score (nSPS) is 51.1. The summed E-state index contributed by atoms with van der Waals surface area (Å²) in [5.74, 6) is 3.47. The van der Waals surface area contributed by atoms with Crippen molar-refractivity contribution >= 4 is 11.9 Å². The highest BCUT2D eigenvalue weighted by atomic mass is 16.4. The number of carboxylic acid groups (broad SMARTS) is 1. The van der Waals surface area contributed by atoms with Crippen molar-refractivity contribution in [1.82, 2.24) is 5.32 Å². The molecule has 6 heteroatoms. The van der Waals surface area contributed by atoms with Gasteiger partial charge < -0.3 is 20.6 Å². The minimum absolute atomic E-state index is 0.0883. The molecule has 6 aliphatic carbocycles. The number of aliphatic hydroxyl groups is 2. The maximum Gasteiger partial charge on any atom is 0.303 e. The molecule has 6 saturated carbocycles. The molecule has 4 N–H and O–H groups in total. The number of carbonyl (C=O) groups excluding carboxylic acids is 1. The Bertz CT molecular complexity index is 954. The first kappa shape index (κ1) is 28.0. The van der Waals surface area contributed by atoms with Crippen molar-refractivity contribution in [1.29, 1.82) is 0 Å². The van der Waals surface area contributed by atoms with E-state index < -0.39 is 12.1 Å². The summed E-state index contributed by atoms with van der Waals surface area (Å²) in [6.07, 6.45) is 12.6. The lowest BCUT2D eigenvalue weighted by molar-refractivity contribution is -0.202. The number of fused-ring (bicyclic) bond motifs is 7. The topological polar surface area (TPSA) is 107 Å². The Balaban J connectivity index is 1.12. The molecule has 0 heterocycles. The quantitative estimate of drug-likeness (QED) is 0.344. The van der Waals surface area contributed by atoms with Crippen LogP contribution in [0.1, 0.15) is 111 Å². The second-order valence-electron chi connectivity index (χ2n) is 15.7. The summed E-state index contributed by atoms with van der Waals surface area (Å²) in [5.41, 5.74) is -0.167. The fourth-order valence-corrected chi connectivity index (χ4v) is 12.0. The Labute approximate surface area is 235 Å². The monoisotopic (exact) mass is 543 g/mol. The van der Waals surface area contributed by atoms with Crippen molar-refractivity contribution in [2.24, 2.45) is 64.1 Å². The molecular weight excluding hydrogens is 490 g/mol. The summed E-state index contributed by atoms with van der Waals surface area (Å²) in [5, 5.41) is 36.1. The van der Waals surface area contributed by atoms with E-state index in [-0.39, 0.29) is 53.1 Å². The van der Waals surface area contributed by atoms with E-state index in [0.29, 0.717) is 36.5 Å². The predicted molar refractivity (Wildman–Crippen MR) is 150 cm³/mol. The number of aliphatic carboxylic acids is 1. The molecular formula is C33H53NO5. The van der Waals surface area contributed by atoms with Crippen molar-refractivity contribution in [3.05, 3.63) is 0 Å². The molecule has 6 nitrogen and oxygen atoms in total. The molecule has 6 rings (SSSR count). The highest BCUT2D eigenvalue weighted by Gasteiger charge is 2.65. The fourth-order valence-electron chi connectivity index (χ4n) is 12.0. The summed E-state index contributed by atoms with van der Waals surface area (Å²) in [6, 6.07) is 0.211. The van der Waals surface area contributed by atoms with Gasteiger partial charge in [-0.25, -0.2) is 0 Å². The van der Waals surface area contributed by atoms with Gasteiger partial charge in [-0.3, -0.25) is 9.59 Å². The second-order valence-corrected chi connectivity index (χ2v) is 15.7. The highest BCUT2D eigenvalue weighted by molar-refractivity contribution is 5.76. The molecule has 4 unspecified atom stereocenters. The molecule has 1 amide bonds. The maximum absolute atomic E-state index is 13.0. The van der Waals surface area contributed by atoms with Crippen LogP contribution in [-0.2, 0) is 9.59 Å².